The lowest BCUT2D eigenvalue weighted by molar-refractivity contribution is 0.0730. The van der Waals surface area contributed by atoms with Crippen molar-refractivity contribution in [3.05, 3.63) is 59.7 Å². The summed E-state index contributed by atoms with van der Waals surface area (Å²) < 4.78 is 38.3. The van der Waals surface area contributed by atoms with Gasteiger partial charge in [-0.05, 0) is 48.6 Å². The van der Waals surface area contributed by atoms with Crippen LogP contribution in [0.1, 0.15) is 53.9 Å². The molecule has 0 unspecified atom stereocenters. The van der Waals surface area contributed by atoms with Crippen molar-refractivity contribution in [2.75, 3.05) is 0 Å². The molecule has 1 aliphatic carbocycles. The summed E-state index contributed by atoms with van der Waals surface area (Å²) in [6, 6.07) is 12.9. The zero-order valence-electron chi connectivity index (χ0n) is 13.7. The van der Waals surface area contributed by atoms with Crippen molar-refractivity contribution in [3.8, 4) is 5.75 Å². The average Bonchev–Trinajstić information content (AvgIpc) is 2.62. The molecule has 0 amide bonds. The Morgan fingerprint density at radius 1 is 1.00 bits per heavy atom. The molecule has 0 aromatic heterocycles. The molecule has 3 rings (SSSR count). The molecule has 6 heteroatoms. The highest BCUT2D eigenvalue weighted by Gasteiger charge is 2.23. The van der Waals surface area contributed by atoms with Crippen LogP contribution in [-0.4, -0.2) is 18.9 Å². The van der Waals surface area contributed by atoms with E-state index in [0.29, 0.717) is 5.56 Å². The Kier molecular flexibility index (Phi) is 5.20. The second kappa shape index (κ2) is 7.37. The number of hydrogen-bond acceptors (Lipinski definition) is 4. The van der Waals surface area contributed by atoms with Gasteiger partial charge in [-0.3, -0.25) is 4.55 Å². The summed E-state index contributed by atoms with van der Waals surface area (Å²) in [5, 5.41) is 0. The van der Waals surface area contributed by atoms with Crippen molar-refractivity contribution in [2.24, 2.45) is 0 Å². The van der Waals surface area contributed by atoms with Gasteiger partial charge in [-0.2, -0.15) is 8.42 Å². The van der Waals surface area contributed by atoms with Gasteiger partial charge in [0.05, 0.1) is 5.56 Å². The maximum absolute atomic E-state index is 12.2. The third kappa shape index (κ3) is 4.27. The van der Waals surface area contributed by atoms with Crippen molar-refractivity contribution < 1.29 is 22.5 Å². The Hall–Kier alpha value is -2.18. The van der Waals surface area contributed by atoms with Gasteiger partial charge in [-0.25, -0.2) is 4.79 Å². The molecular formula is C19H20O5S. The number of esters is 1. The minimum absolute atomic E-state index is 0.157. The van der Waals surface area contributed by atoms with Gasteiger partial charge in [-0.15, -0.1) is 0 Å². The zero-order valence-corrected chi connectivity index (χ0v) is 14.5. The van der Waals surface area contributed by atoms with Crippen LogP contribution in [0.4, 0.5) is 0 Å². The fourth-order valence-corrected chi connectivity index (χ4v) is 3.88. The fourth-order valence-electron chi connectivity index (χ4n) is 3.23. The van der Waals surface area contributed by atoms with Gasteiger partial charge in [0.1, 0.15) is 4.90 Å². The topological polar surface area (TPSA) is 80.7 Å². The summed E-state index contributed by atoms with van der Waals surface area (Å²) in [5.74, 6) is -0.556. The highest BCUT2D eigenvalue weighted by atomic mass is 32.2. The number of hydrogen-bond donors (Lipinski definition) is 1. The first-order valence-corrected chi connectivity index (χ1v) is 9.78. The number of carbonyl (C=O) groups excluding carboxylic acids is 1. The predicted molar refractivity (Wildman–Crippen MR) is 93.5 cm³/mol. The highest BCUT2D eigenvalue weighted by molar-refractivity contribution is 7.86. The van der Waals surface area contributed by atoms with E-state index in [9.17, 15) is 17.8 Å². The first kappa shape index (κ1) is 17.6. The number of benzene rings is 2. The quantitative estimate of drug-likeness (QED) is 0.502. The number of rotatable bonds is 4. The van der Waals surface area contributed by atoms with Crippen molar-refractivity contribution >= 4 is 16.1 Å². The standard InChI is InChI=1S/C19H20O5S/c20-19(15-9-5-2-6-10-15)24-17-12-11-16(13-18(17)25(21,22)23)14-7-3-1-4-8-14/h2,5-6,9-14H,1,3-4,7-8H2,(H,21,22,23). The first-order valence-electron chi connectivity index (χ1n) is 8.34. The van der Waals surface area contributed by atoms with Crippen molar-refractivity contribution in [1.82, 2.24) is 0 Å². The van der Waals surface area contributed by atoms with Gasteiger partial charge in [-0.1, -0.05) is 43.5 Å². The van der Waals surface area contributed by atoms with E-state index in [1.165, 1.54) is 18.6 Å². The lowest BCUT2D eigenvalue weighted by atomic mass is 9.84. The molecule has 0 spiro atoms. The largest absolute Gasteiger partial charge is 0.421 e. The third-order valence-electron chi connectivity index (χ3n) is 4.53. The molecule has 2 aromatic carbocycles. The van der Waals surface area contributed by atoms with E-state index in [-0.39, 0.29) is 16.6 Å². The Morgan fingerprint density at radius 3 is 2.32 bits per heavy atom. The van der Waals surface area contributed by atoms with Crippen LogP contribution in [0.3, 0.4) is 0 Å². The molecule has 1 aliphatic rings. The van der Waals surface area contributed by atoms with Gasteiger partial charge in [0.2, 0.25) is 0 Å². The molecule has 5 nitrogen and oxygen atoms in total. The van der Waals surface area contributed by atoms with E-state index in [0.717, 1.165) is 31.2 Å². The lowest BCUT2D eigenvalue weighted by Gasteiger charge is -2.22. The second-order valence-corrected chi connectivity index (χ2v) is 7.66. The van der Waals surface area contributed by atoms with Crippen LogP contribution >= 0.6 is 0 Å². The Bertz CT molecular complexity index is 853. The highest BCUT2D eigenvalue weighted by Crippen LogP contribution is 2.36. The lowest BCUT2D eigenvalue weighted by Crippen LogP contribution is -2.12. The van der Waals surface area contributed by atoms with Gasteiger partial charge >= 0.3 is 5.97 Å². The van der Waals surface area contributed by atoms with Crippen LogP contribution in [0.25, 0.3) is 0 Å². The molecule has 0 atom stereocenters. The normalized spacial score (nSPS) is 15.7. The molecule has 25 heavy (non-hydrogen) atoms. The molecule has 1 N–H and O–H groups in total. The molecule has 0 heterocycles. The van der Waals surface area contributed by atoms with Crippen LogP contribution in [-0.2, 0) is 10.1 Å². The van der Waals surface area contributed by atoms with Gasteiger partial charge in [0.25, 0.3) is 10.1 Å². The molecule has 0 aliphatic heterocycles. The van der Waals surface area contributed by atoms with E-state index in [2.05, 4.69) is 0 Å². The summed E-state index contributed by atoms with van der Waals surface area (Å²) in [7, 11) is -4.50. The molecule has 0 saturated heterocycles. The van der Waals surface area contributed by atoms with Crippen molar-refractivity contribution in [2.45, 2.75) is 42.9 Å². The fraction of sp³-hybridized carbons (Fsp3) is 0.316. The summed E-state index contributed by atoms with van der Waals surface area (Å²) in [5.41, 5.74) is 1.16. The molecule has 132 valence electrons. The molecule has 0 bridgehead atoms. The van der Waals surface area contributed by atoms with Crippen LogP contribution in [0.2, 0.25) is 0 Å². The van der Waals surface area contributed by atoms with Crippen LogP contribution < -0.4 is 4.74 Å². The smallest absolute Gasteiger partial charge is 0.343 e. The van der Waals surface area contributed by atoms with E-state index in [4.69, 9.17) is 4.74 Å². The molecule has 2 aromatic rings. The molecule has 1 fully saturated rings. The van der Waals surface area contributed by atoms with Crippen molar-refractivity contribution in [3.63, 3.8) is 0 Å². The van der Waals surface area contributed by atoms with Crippen LogP contribution in [0, 0.1) is 0 Å². The van der Waals surface area contributed by atoms with Crippen LogP contribution in [0.15, 0.2) is 53.4 Å². The predicted octanol–water partition coefficient (Wildman–Crippen LogP) is 4.20. The SMILES string of the molecule is O=C(Oc1ccc(C2CCCCC2)cc1S(=O)(=O)O)c1ccccc1. The van der Waals surface area contributed by atoms with Gasteiger partial charge in [0.15, 0.2) is 5.75 Å². The number of ether oxygens (including phenoxy) is 1. The summed E-state index contributed by atoms with van der Waals surface area (Å²) in [6.45, 7) is 0. The van der Waals surface area contributed by atoms with E-state index in [1.807, 2.05) is 0 Å². The van der Waals surface area contributed by atoms with Gasteiger partial charge < -0.3 is 4.74 Å². The van der Waals surface area contributed by atoms with E-state index < -0.39 is 16.1 Å². The second-order valence-electron chi connectivity index (χ2n) is 6.27. The first-order chi connectivity index (χ1) is 11.9. The Balaban J connectivity index is 1.92. The van der Waals surface area contributed by atoms with Crippen LogP contribution in [0.5, 0.6) is 5.75 Å². The summed E-state index contributed by atoms with van der Waals surface area (Å²) in [4.78, 5) is 11.8. The maximum atomic E-state index is 12.2. The Morgan fingerprint density at radius 2 is 1.68 bits per heavy atom. The third-order valence-corrected chi connectivity index (χ3v) is 5.41. The molecule has 0 radical (unpaired) electrons. The van der Waals surface area contributed by atoms with E-state index in [1.54, 1.807) is 36.4 Å². The summed E-state index contributed by atoms with van der Waals surface area (Å²) in [6.07, 6.45) is 5.39. The number of carbonyl (C=O) groups is 1. The van der Waals surface area contributed by atoms with E-state index >= 15 is 0 Å². The molecule has 1 saturated carbocycles. The zero-order chi connectivity index (χ0) is 17.9. The average molecular weight is 360 g/mol. The monoisotopic (exact) mass is 360 g/mol. The Labute approximate surface area is 147 Å². The van der Waals surface area contributed by atoms with Crippen molar-refractivity contribution in [1.29, 1.82) is 0 Å². The minimum atomic E-state index is -4.50. The maximum Gasteiger partial charge on any atom is 0.343 e. The minimum Gasteiger partial charge on any atom is -0.421 e. The molecular weight excluding hydrogens is 340 g/mol. The van der Waals surface area contributed by atoms with Gasteiger partial charge in [0, 0.05) is 0 Å². The summed E-state index contributed by atoms with van der Waals surface area (Å²) >= 11 is 0.